The molecule has 1 aliphatic rings. The molecule has 4 rings (SSSR count). The van der Waals surface area contributed by atoms with Gasteiger partial charge in [-0.1, -0.05) is 0 Å². The summed E-state index contributed by atoms with van der Waals surface area (Å²) in [4.78, 5) is 9.02. The lowest BCUT2D eigenvalue weighted by atomic mass is 10.1. The molecule has 1 fully saturated rings. The molecule has 4 heterocycles. The molecule has 0 aromatic carbocycles. The van der Waals surface area contributed by atoms with E-state index in [0.29, 0.717) is 0 Å². The summed E-state index contributed by atoms with van der Waals surface area (Å²) in [5.74, 6) is 1.53. The Bertz CT molecular complexity index is 853. The van der Waals surface area contributed by atoms with E-state index in [0.717, 1.165) is 41.3 Å². The summed E-state index contributed by atoms with van der Waals surface area (Å²) < 4.78 is 9.46. The van der Waals surface area contributed by atoms with E-state index in [1.165, 1.54) is 0 Å². The molecule has 0 bridgehead atoms. The Morgan fingerprint density at radius 1 is 1.22 bits per heavy atom. The third-order valence-electron chi connectivity index (χ3n) is 4.17. The topological polar surface area (TPSA) is 82.7 Å². The number of rotatable bonds is 3. The van der Waals surface area contributed by atoms with Gasteiger partial charge in [0.1, 0.15) is 17.7 Å². The van der Waals surface area contributed by atoms with Crippen LogP contribution in [0.5, 0.6) is 0 Å². The first-order chi connectivity index (χ1) is 11.1. The highest BCUT2D eigenvalue weighted by atomic mass is 16.5. The van der Waals surface area contributed by atoms with Crippen LogP contribution in [0.25, 0.3) is 11.0 Å². The molecule has 8 heteroatoms. The minimum atomic E-state index is -0.0225. The molecule has 3 aromatic heterocycles. The second-order valence-electron chi connectivity index (χ2n) is 5.90. The predicted octanol–water partition coefficient (Wildman–Crippen LogP) is 1.35. The Labute approximate surface area is 133 Å². The number of fused-ring (bicyclic) bond motifs is 1. The number of aryl methyl sites for hydroxylation is 3. The Morgan fingerprint density at radius 3 is 2.87 bits per heavy atom. The third kappa shape index (κ3) is 2.44. The Kier molecular flexibility index (Phi) is 3.26. The van der Waals surface area contributed by atoms with Crippen molar-refractivity contribution in [2.75, 3.05) is 11.9 Å². The van der Waals surface area contributed by atoms with E-state index in [4.69, 9.17) is 4.74 Å². The average Bonchev–Trinajstić information content (AvgIpc) is 3.21. The Morgan fingerprint density at radius 2 is 2.09 bits per heavy atom. The number of anilines is 1. The van der Waals surface area contributed by atoms with Gasteiger partial charge in [0.15, 0.2) is 5.65 Å². The Hall–Kier alpha value is -2.48. The number of aromatic nitrogens is 6. The summed E-state index contributed by atoms with van der Waals surface area (Å²) in [6.07, 6.45) is 6.55. The van der Waals surface area contributed by atoms with Crippen LogP contribution in [0.15, 0.2) is 18.6 Å². The van der Waals surface area contributed by atoms with Crippen molar-refractivity contribution in [2.45, 2.75) is 25.5 Å². The minimum absolute atomic E-state index is 0.0225. The number of nitrogens with one attached hydrogen (secondary N) is 1. The van der Waals surface area contributed by atoms with E-state index in [1.54, 1.807) is 15.6 Å². The molecule has 1 saturated heterocycles. The first kappa shape index (κ1) is 14.1. The summed E-state index contributed by atoms with van der Waals surface area (Å²) in [6, 6.07) is 0.150. The molecule has 2 atom stereocenters. The fourth-order valence-electron chi connectivity index (χ4n) is 3.07. The largest absolute Gasteiger partial charge is 0.371 e. The molecule has 0 unspecified atom stereocenters. The van der Waals surface area contributed by atoms with Crippen LogP contribution in [0, 0.1) is 6.92 Å². The number of hydrogen-bond acceptors (Lipinski definition) is 6. The van der Waals surface area contributed by atoms with Crippen molar-refractivity contribution in [2.24, 2.45) is 14.1 Å². The van der Waals surface area contributed by atoms with Gasteiger partial charge < -0.3 is 10.1 Å². The predicted molar refractivity (Wildman–Crippen MR) is 85.0 cm³/mol. The van der Waals surface area contributed by atoms with Crippen LogP contribution in [0.2, 0.25) is 0 Å². The molecule has 1 aliphatic heterocycles. The van der Waals surface area contributed by atoms with E-state index in [2.05, 4.69) is 25.5 Å². The van der Waals surface area contributed by atoms with Gasteiger partial charge in [-0.25, -0.2) is 9.97 Å². The molecule has 0 saturated carbocycles. The van der Waals surface area contributed by atoms with Gasteiger partial charge in [-0.3, -0.25) is 9.36 Å². The third-order valence-corrected chi connectivity index (χ3v) is 4.17. The van der Waals surface area contributed by atoms with Crippen molar-refractivity contribution in [1.82, 2.24) is 29.5 Å². The molecule has 0 radical (unpaired) electrons. The van der Waals surface area contributed by atoms with Gasteiger partial charge in [-0.2, -0.15) is 10.2 Å². The molecule has 120 valence electrons. The van der Waals surface area contributed by atoms with Crippen LogP contribution in [-0.4, -0.2) is 42.2 Å². The van der Waals surface area contributed by atoms with Gasteiger partial charge in [0.05, 0.1) is 23.8 Å². The van der Waals surface area contributed by atoms with Gasteiger partial charge >= 0.3 is 0 Å². The monoisotopic (exact) mass is 313 g/mol. The molecular weight excluding hydrogens is 294 g/mol. The fraction of sp³-hybridized carbons (Fsp3) is 0.467. The van der Waals surface area contributed by atoms with Gasteiger partial charge in [0.2, 0.25) is 0 Å². The lowest BCUT2D eigenvalue weighted by molar-refractivity contribution is 0.107. The normalized spacial score (nSPS) is 21.2. The first-order valence-corrected chi connectivity index (χ1v) is 7.65. The van der Waals surface area contributed by atoms with E-state index in [1.807, 2.05) is 33.4 Å². The number of hydrogen-bond donors (Lipinski definition) is 1. The summed E-state index contributed by atoms with van der Waals surface area (Å²) in [5.41, 5.74) is 1.91. The van der Waals surface area contributed by atoms with Gasteiger partial charge in [-0.15, -0.1) is 0 Å². The van der Waals surface area contributed by atoms with E-state index in [-0.39, 0.29) is 12.1 Å². The molecular formula is C15H19N7O. The zero-order chi connectivity index (χ0) is 16.0. The highest BCUT2D eigenvalue weighted by Gasteiger charge is 2.31. The molecule has 0 amide bonds. The lowest BCUT2D eigenvalue weighted by Crippen LogP contribution is -2.24. The summed E-state index contributed by atoms with van der Waals surface area (Å²) in [7, 11) is 3.80. The van der Waals surface area contributed by atoms with E-state index < -0.39 is 0 Å². The quantitative estimate of drug-likeness (QED) is 0.786. The zero-order valence-corrected chi connectivity index (χ0v) is 13.4. The molecule has 0 aliphatic carbocycles. The maximum atomic E-state index is 5.90. The minimum Gasteiger partial charge on any atom is -0.371 e. The number of nitrogens with zero attached hydrogens (tertiary/aromatic N) is 6. The first-order valence-electron chi connectivity index (χ1n) is 7.65. The van der Waals surface area contributed by atoms with Crippen molar-refractivity contribution in [3.63, 3.8) is 0 Å². The van der Waals surface area contributed by atoms with Crippen LogP contribution >= 0.6 is 0 Å². The van der Waals surface area contributed by atoms with Gasteiger partial charge in [0, 0.05) is 32.5 Å². The van der Waals surface area contributed by atoms with Gasteiger partial charge in [0.25, 0.3) is 0 Å². The SMILES string of the molecule is Cc1nc(N[C@H]2CCO[C@@H]2c2cnn(C)c2)c2cnn(C)c2n1. The summed E-state index contributed by atoms with van der Waals surface area (Å²) in [5, 5.41) is 13.0. The van der Waals surface area contributed by atoms with Crippen molar-refractivity contribution >= 4 is 16.9 Å². The second kappa shape index (κ2) is 5.31. The maximum absolute atomic E-state index is 5.90. The van der Waals surface area contributed by atoms with Crippen LogP contribution in [0.4, 0.5) is 5.82 Å². The lowest BCUT2D eigenvalue weighted by Gasteiger charge is -2.19. The van der Waals surface area contributed by atoms with Crippen LogP contribution in [0.3, 0.4) is 0 Å². The van der Waals surface area contributed by atoms with Crippen LogP contribution in [-0.2, 0) is 18.8 Å². The van der Waals surface area contributed by atoms with E-state index in [9.17, 15) is 0 Å². The number of ether oxygens (including phenoxy) is 1. The maximum Gasteiger partial charge on any atom is 0.163 e. The summed E-state index contributed by atoms with van der Waals surface area (Å²) in [6.45, 7) is 2.61. The molecule has 1 N–H and O–H groups in total. The summed E-state index contributed by atoms with van der Waals surface area (Å²) >= 11 is 0. The smallest absolute Gasteiger partial charge is 0.163 e. The van der Waals surface area contributed by atoms with Crippen molar-refractivity contribution in [3.05, 3.63) is 30.0 Å². The zero-order valence-electron chi connectivity index (χ0n) is 13.4. The van der Waals surface area contributed by atoms with Crippen LogP contribution in [0.1, 0.15) is 23.9 Å². The Balaban J connectivity index is 1.67. The highest BCUT2D eigenvalue weighted by molar-refractivity contribution is 5.86. The van der Waals surface area contributed by atoms with Crippen molar-refractivity contribution < 1.29 is 4.74 Å². The van der Waals surface area contributed by atoms with Gasteiger partial charge in [-0.05, 0) is 13.3 Å². The molecule has 3 aromatic rings. The van der Waals surface area contributed by atoms with Crippen LogP contribution < -0.4 is 5.32 Å². The molecule has 23 heavy (non-hydrogen) atoms. The second-order valence-corrected chi connectivity index (χ2v) is 5.90. The molecule has 0 spiro atoms. The fourth-order valence-corrected chi connectivity index (χ4v) is 3.07. The molecule has 8 nitrogen and oxygen atoms in total. The van der Waals surface area contributed by atoms with E-state index >= 15 is 0 Å². The highest BCUT2D eigenvalue weighted by Crippen LogP contribution is 2.32. The standard InChI is InChI=1S/C15H19N7O/c1-9-18-14(11-7-17-22(3)15(11)19-9)20-12-4-5-23-13(12)10-6-16-21(2)8-10/h6-8,12-13H,4-5H2,1-3H3,(H,18,19,20)/t12-,13+/m0/s1. The average molecular weight is 313 g/mol. The van der Waals surface area contributed by atoms with Crippen molar-refractivity contribution in [3.8, 4) is 0 Å². The van der Waals surface area contributed by atoms with Crippen molar-refractivity contribution in [1.29, 1.82) is 0 Å².